The Bertz CT molecular complexity index is 356. The Morgan fingerprint density at radius 1 is 1.50 bits per heavy atom. The van der Waals surface area contributed by atoms with Crippen molar-refractivity contribution in [2.75, 3.05) is 6.54 Å². The highest BCUT2D eigenvalue weighted by molar-refractivity contribution is 5.20. The van der Waals surface area contributed by atoms with Gasteiger partial charge in [0.2, 0.25) is 0 Å². The molecule has 16 heavy (non-hydrogen) atoms. The molecule has 1 aliphatic heterocycles. The van der Waals surface area contributed by atoms with Gasteiger partial charge < -0.3 is 10.1 Å². The summed E-state index contributed by atoms with van der Waals surface area (Å²) in [7, 11) is 0. The monoisotopic (exact) mass is 223 g/mol. The molecule has 1 aromatic rings. The van der Waals surface area contributed by atoms with Crippen LogP contribution >= 0.6 is 0 Å². The Kier molecular flexibility index (Phi) is 3.56. The van der Waals surface area contributed by atoms with Gasteiger partial charge in [-0.05, 0) is 31.0 Å². The minimum absolute atomic E-state index is 0.0469. The van der Waals surface area contributed by atoms with Crippen molar-refractivity contribution >= 4 is 0 Å². The fraction of sp³-hybridized carbons (Fsp3) is 0.538. The fourth-order valence-electron chi connectivity index (χ4n) is 2.09. The summed E-state index contributed by atoms with van der Waals surface area (Å²) in [5.74, 6) is -0.202. The molecule has 3 atom stereocenters. The predicted octanol–water partition coefficient (Wildman–Crippen LogP) is 2.65. The van der Waals surface area contributed by atoms with E-state index in [0.29, 0.717) is 0 Å². The van der Waals surface area contributed by atoms with Crippen LogP contribution in [0.2, 0.25) is 0 Å². The van der Waals surface area contributed by atoms with Gasteiger partial charge in [0.15, 0.2) is 0 Å². The van der Waals surface area contributed by atoms with Crippen molar-refractivity contribution in [3.05, 3.63) is 35.6 Å². The molecule has 0 spiro atoms. The van der Waals surface area contributed by atoms with Crippen LogP contribution in [-0.4, -0.2) is 18.7 Å². The first kappa shape index (κ1) is 11.6. The van der Waals surface area contributed by atoms with Crippen LogP contribution in [0.25, 0.3) is 0 Å². The van der Waals surface area contributed by atoms with Crippen molar-refractivity contribution in [3.8, 4) is 0 Å². The molecule has 0 bridgehead atoms. The number of benzene rings is 1. The summed E-state index contributed by atoms with van der Waals surface area (Å²) in [5, 5.41) is 3.40. The first-order chi connectivity index (χ1) is 7.70. The second kappa shape index (κ2) is 4.93. The van der Waals surface area contributed by atoms with Crippen molar-refractivity contribution in [2.45, 2.75) is 38.5 Å². The highest BCUT2D eigenvalue weighted by Crippen LogP contribution is 2.27. The van der Waals surface area contributed by atoms with E-state index in [9.17, 15) is 4.39 Å². The largest absolute Gasteiger partial charge is 0.367 e. The van der Waals surface area contributed by atoms with E-state index in [1.54, 1.807) is 12.1 Å². The number of morpholine rings is 1. The van der Waals surface area contributed by atoms with Gasteiger partial charge in [0.1, 0.15) is 5.82 Å². The molecule has 1 N–H and O–H groups in total. The molecule has 1 aliphatic rings. The van der Waals surface area contributed by atoms with Gasteiger partial charge in [-0.25, -0.2) is 4.39 Å². The Morgan fingerprint density at radius 2 is 2.31 bits per heavy atom. The maximum absolute atomic E-state index is 13.2. The Morgan fingerprint density at radius 3 is 3.00 bits per heavy atom. The van der Waals surface area contributed by atoms with E-state index < -0.39 is 0 Å². The lowest BCUT2D eigenvalue weighted by Gasteiger charge is -2.35. The summed E-state index contributed by atoms with van der Waals surface area (Å²) in [5.41, 5.74) is 0.915. The van der Waals surface area contributed by atoms with E-state index in [2.05, 4.69) is 19.2 Å². The molecule has 1 saturated heterocycles. The Hall–Kier alpha value is -0.930. The zero-order chi connectivity index (χ0) is 11.5. The van der Waals surface area contributed by atoms with Gasteiger partial charge in [0, 0.05) is 12.6 Å². The van der Waals surface area contributed by atoms with Crippen LogP contribution in [0, 0.1) is 5.82 Å². The molecule has 0 radical (unpaired) electrons. The van der Waals surface area contributed by atoms with Crippen LogP contribution in [0.3, 0.4) is 0 Å². The Labute approximate surface area is 95.8 Å². The third-order valence-electron chi connectivity index (χ3n) is 3.09. The minimum atomic E-state index is -0.202. The third-order valence-corrected chi connectivity index (χ3v) is 3.09. The van der Waals surface area contributed by atoms with Gasteiger partial charge >= 0.3 is 0 Å². The molecule has 0 aromatic heterocycles. The van der Waals surface area contributed by atoms with E-state index in [0.717, 1.165) is 18.5 Å². The van der Waals surface area contributed by atoms with Gasteiger partial charge in [-0.3, -0.25) is 0 Å². The SMILES string of the molecule is CCC1CNC(C)C(c2cccc(F)c2)O1. The average Bonchev–Trinajstić information content (AvgIpc) is 2.30. The second-order valence-corrected chi connectivity index (χ2v) is 4.34. The molecule has 0 saturated carbocycles. The van der Waals surface area contributed by atoms with Gasteiger partial charge in [-0.15, -0.1) is 0 Å². The lowest BCUT2D eigenvalue weighted by molar-refractivity contribution is -0.0623. The lowest BCUT2D eigenvalue weighted by Crippen LogP contribution is -2.46. The number of hydrogen-bond acceptors (Lipinski definition) is 2. The van der Waals surface area contributed by atoms with Crippen molar-refractivity contribution < 1.29 is 9.13 Å². The van der Waals surface area contributed by atoms with Crippen LogP contribution in [0.15, 0.2) is 24.3 Å². The summed E-state index contributed by atoms with van der Waals surface area (Å²) in [4.78, 5) is 0. The summed E-state index contributed by atoms with van der Waals surface area (Å²) in [6, 6.07) is 6.90. The fourth-order valence-corrected chi connectivity index (χ4v) is 2.09. The molecular weight excluding hydrogens is 205 g/mol. The summed E-state index contributed by atoms with van der Waals surface area (Å²) >= 11 is 0. The van der Waals surface area contributed by atoms with Crippen molar-refractivity contribution in [3.63, 3.8) is 0 Å². The quantitative estimate of drug-likeness (QED) is 0.832. The molecular formula is C13H18FNO. The molecule has 3 unspecified atom stereocenters. The molecule has 1 fully saturated rings. The van der Waals surface area contributed by atoms with Crippen LogP contribution in [-0.2, 0) is 4.74 Å². The molecule has 1 heterocycles. The first-order valence-electron chi connectivity index (χ1n) is 5.85. The Balaban J connectivity index is 2.17. The van der Waals surface area contributed by atoms with E-state index in [-0.39, 0.29) is 24.1 Å². The average molecular weight is 223 g/mol. The van der Waals surface area contributed by atoms with E-state index in [1.165, 1.54) is 6.07 Å². The molecule has 0 amide bonds. The number of halogens is 1. The summed E-state index contributed by atoms with van der Waals surface area (Å²) < 4.78 is 19.1. The second-order valence-electron chi connectivity index (χ2n) is 4.34. The smallest absolute Gasteiger partial charge is 0.123 e. The molecule has 3 heteroatoms. The number of rotatable bonds is 2. The third kappa shape index (κ3) is 2.42. The topological polar surface area (TPSA) is 21.3 Å². The van der Waals surface area contributed by atoms with Crippen molar-refractivity contribution in [1.29, 1.82) is 0 Å². The predicted molar refractivity (Wildman–Crippen MR) is 61.8 cm³/mol. The standard InChI is InChI=1S/C13H18FNO/c1-3-12-8-15-9(2)13(16-12)10-5-4-6-11(14)7-10/h4-7,9,12-13,15H,3,8H2,1-2H3. The normalized spacial score (nSPS) is 30.3. The van der Waals surface area contributed by atoms with Crippen LogP contribution < -0.4 is 5.32 Å². The highest BCUT2D eigenvalue weighted by atomic mass is 19.1. The van der Waals surface area contributed by atoms with Crippen molar-refractivity contribution in [2.24, 2.45) is 0 Å². The summed E-state index contributed by atoms with van der Waals surface area (Å²) in [6.45, 7) is 5.05. The van der Waals surface area contributed by atoms with Gasteiger partial charge in [0.25, 0.3) is 0 Å². The maximum atomic E-state index is 13.2. The number of ether oxygens (including phenoxy) is 1. The van der Waals surface area contributed by atoms with E-state index in [1.807, 2.05) is 6.07 Å². The van der Waals surface area contributed by atoms with Crippen LogP contribution in [0.1, 0.15) is 31.9 Å². The molecule has 88 valence electrons. The van der Waals surface area contributed by atoms with Crippen molar-refractivity contribution in [1.82, 2.24) is 5.32 Å². The maximum Gasteiger partial charge on any atom is 0.123 e. The minimum Gasteiger partial charge on any atom is -0.367 e. The van der Waals surface area contributed by atoms with E-state index >= 15 is 0 Å². The van der Waals surface area contributed by atoms with Gasteiger partial charge in [0.05, 0.1) is 12.2 Å². The first-order valence-corrected chi connectivity index (χ1v) is 5.85. The number of hydrogen-bond donors (Lipinski definition) is 1. The highest BCUT2D eigenvalue weighted by Gasteiger charge is 2.28. The molecule has 2 nitrogen and oxygen atoms in total. The molecule has 0 aliphatic carbocycles. The van der Waals surface area contributed by atoms with Crippen LogP contribution in [0.5, 0.6) is 0 Å². The summed E-state index contributed by atoms with van der Waals surface area (Å²) in [6.07, 6.45) is 1.16. The van der Waals surface area contributed by atoms with E-state index in [4.69, 9.17) is 4.74 Å². The molecule has 2 rings (SSSR count). The zero-order valence-electron chi connectivity index (χ0n) is 9.74. The lowest BCUT2D eigenvalue weighted by atomic mass is 10.0. The molecule has 1 aromatic carbocycles. The van der Waals surface area contributed by atoms with Gasteiger partial charge in [-0.1, -0.05) is 19.1 Å². The number of nitrogens with one attached hydrogen (secondary N) is 1. The van der Waals surface area contributed by atoms with Crippen LogP contribution in [0.4, 0.5) is 4.39 Å². The zero-order valence-corrected chi connectivity index (χ0v) is 9.74. The van der Waals surface area contributed by atoms with Gasteiger partial charge in [-0.2, -0.15) is 0 Å².